The first kappa shape index (κ1) is 19.4. The molecule has 23 heavy (non-hydrogen) atoms. The van der Waals surface area contributed by atoms with Gasteiger partial charge in [-0.3, -0.25) is 0 Å². The monoisotopic (exact) mass is 529 g/mol. The number of para-hydroxylation sites is 1. The lowest BCUT2D eigenvalue weighted by atomic mass is 10.3. The lowest BCUT2D eigenvalue weighted by Crippen LogP contribution is -2.26. The van der Waals surface area contributed by atoms with E-state index in [0.717, 1.165) is 4.57 Å². The fourth-order valence-electron chi connectivity index (χ4n) is 1.55. The Kier molecular flexibility index (Phi) is 6.00. The smallest absolute Gasteiger partial charge is 0.244 e. The molecule has 2 rings (SSSR count). The fraction of sp³-hybridized carbons (Fsp3) is 0.200. The molecule has 2 atom stereocenters. The maximum atomic E-state index is 13.6. The Bertz CT molecular complexity index is 767. The van der Waals surface area contributed by atoms with Crippen molar-refractivity contribution in [1.82, 2.24) is 12.7 Å². The van der Waals surface area contributed by atoms with Crippen LogP contribution < -0.4 is 11.4 Å². The summed E-state index contributed by atoms with van der Waals surface area (Å²) in [6.07, 6.45) is 0. The Balaban J connectivity index is 2.70. The molecular formula is C10H5Br2Cl2F2N3O2S2. The molecule has 0 fully saturated rings. The molecule has 2 aromatic rings. The van der Waals surface area contributed by atoms with Crippen LogP contribution in [0.1, 0.15) is 0 Å². The third-order valence-corrected chi connectivity index (χ3v) is 5.05. The van der Waals surface area contributed by atoms with Crippen LogP contribution in [0, 0.1) is 0 Å². The van der Waals surface area contributed by atoms with Crippen LogP contribution in [-0.4, -0.2) is 19.5 Å². The molecule has 0 N–H and O–H groups in total. The highest BCUT2D eigenvalue weighted by atomic mass is 79.9. The predicted molar refractivity (Wildman–Crippen MR) is 97.5 cm³/mol. The van der Waals surface area contributed by atoms with Crippen LogP contribution in [0.2, 0.25) is 0 Å². The van der Waals surface area contributed by atoms with Crippen LogP contribution in [0.25, 0.3) is 5.69 Å². The highest BCUT2D eigenvalue weighted by Gasteiger charge is 2.33. The second kappa shape index (κ2) is 7.12. The summed E-state index contributed by atoms with van der Waals surface area (Å²) in [5, 5.41) is 0. The molecule has 126 valence electrons. The van der Waals surface area contributed by atoms with E-state index in [1.54, 1.807) is 18.2 Å². The highest BCUT2D eigenvalue weighted by Crippen LogP contribution is 2.41. The molecule has 1 aromatic heterocycles. The van der Waals surface area contributed by atoms with Crippen LogP contribution in [0.3, 0.4) is 0 Å². The molecule has 1 heterocycles. The SMILES string of the molecule is O=c1n(-c2ccccc2)c(=O)n(SC(F)(Cl)Br)n1SC(F)(Cl)Br. The zero-order chi connectivity index (χ0) is 17.4. The van der Waals surface area contributed by atoms with Gasteiger partial charge in [0, 0.05) is 23.9 Å². The molecule has 0 amide bonds. The fourth-order valence-corrected chi connectivity index (χ4v) is 3.97. The van der Waals surface area contributed by atoms with E-state index in [1.807, 2.05) is 0 Å². The first-order chi connectivity index (χ1) is 10.5. The van der Waals surface area contributed by atoms with Gasteiger partial charge >= 0.3 is 18.1 Å². The number of rotatable bonds is 5. The van der Waals surface area contributed by atoms with Crippen molar-refractivity contribution < 1.29 is 8.78 Å². The molecule has 0 radical (unpaired) electrons. The molecule has 5 nitrogen and oxygen atoms in total. The normalized spacial score (nSPS) is 16.8. The largest absolute Gasteiger partial charge is 0.363 e. The van der Waals surface area contributed by atoms with Gasteiger partial charge in [0.25, 0.3) is 0 Å². The molecular weight excluding hydrogens is 527 g/mol. The van der Waals surface area contributed by atoms with Crippen molar-refractivity contribution in [1.29, 1.82) is 0 Å². The van der Waals surface area contributed by atoms with Crippen molar-refractivity contribution in [2.45, 2.75) is 6.74 Å². The Morgan fingerprint density at radius 2 is 1.30 bits per heavy atom. The lowest BCUT2D eigenvalue weighted by Gasteiger charge is -2.13. The molecule has 2 unspecified atom stereocenters. The summed E-state index contributed by atoms with van der Waals surface area (Å²) in [5.41, 5.74) is -1.65. The van der Waals surface area contributed by atoms with Gasteiger partial charge in [-0.15, -0.1) is 0 Å². The zero-order valence-corrected chi connectivity index (χ0v) is 16.9. The summed E-state index contributed by atoms with van der Waals surface area (Å²) in [4.78, 5) is 24.8. The second-order valence-electron chi connectivity index (χ2n) is 3.86. The van der Waals surface area contributed by atoms with Crippen molar-refractivity contribution in [3.8, 4) is 5.69 Å². The number of nitrogens with zero attached hydrogens (tertiary/aromatic N) is 3. The number of halogens is 6. The van der Waals surface area contributed by atoms with E-state index >= 15 is 0 Å². The Hall–Kier alpha value is 0.0600. The van der Waals surface area contributed by atoms with Gasteiger partial charge < -0.3 is 0 Å². The summed E-state index contributed by atoms with van der Waals surface area (Å²) >= 11 is 15.9. The van der Waals surface area contributed by atoms with Crippen LogP contribution in [-0.2, 0) is 0 Å². The minimum atomic E-state index is -2.59. The second-order valence-corrected chi connectivity index (χ2v) is 11.7. The maximum absolute atomic E-state index is 13.6. The van der Waals surface area contributed by atoms with Crippen molar-refractivity contribution in [2.75, 3.05) is 0 Å². The molecule has 0 saturated heterocycles. The van der Waals surface area contributed by atoms with Gasteiger partial charge in [0.1, 0.15) is 0 Å². The van der Waals surface area contributed by atoms with E-state index in [1.165, 1.54) is 12.1 Å². The first-order valence-electron chi connectivity index (χ1n) is 5.54. The number of aromatic nitrogens is 3. The van der Waals surface area contributed by atoms with Gasteiger partial charge in [-0.1, -0.05) is 41.4 Å². The molecule has 0 bridgehead atoms. The average molecular weight is 532 g/mol. The van der Waals surface area contributed by atoms with E-state index in [9.17, 15) is 18.4 Å². The molecule has 0 aliphatic carbocycles. The molecule has 1 aromatic carbocycles. The predicted octanol–water partition coefficient (Wildman–Crippen LogP) is 4.22. The summed E-state index contributed by atoms with van der Waals surface area (Å²) in [6.45, 7) is 0. The Morgan fingerprint density at radius 3 is 1.65 bits per heavy atom. The number of alkyl halides is 6. The summed E-state index contributed by atoms with van der Waals surface area (Å²) in [6, 6.07) is 7.85. The summed E-state index contributed by atoms with van der Waals surface area (Å²) in [5.74, 6) is 0. The van der Waals surface area contributed by atoms with Crippen LogP contribution in [0.15, 0.2) is 39.9 Å². The quantitative estimate of drug-likeness (QED) is 0.542. The van der Waals surface area contributed by atoms with E-state index in [4.69, 9.17) is 23.2 Å². The van der Waals surface area contributed by atoms with Crippen LogP contribution >= 0.6 is 79.0 Å². The minimum absolute atomic E-state index is 0.119. The first-order valence-corrected chi connectivity index (χ1v) is 9.43. The average Bonchev–Trinajstić information content (AvgIpc) is 2.61. The molecule has 0 spiro atoms. The van der Waals surface area contributed by atoms with Crippen molar-refractivity contribution in [3.63, 3.8) is 0 Å². The molecule has 0 saturated carbocycles. The van der Waals surface area contributed by atoms with Gasteiger partial charge in [-0.25, -0.2) is 14.2 Å². The number of hydrogen-bond donors (Lipinski definition) is 0. The van der Waals surface area contributed by atoms with Crippen LogP contribution in [0.4, 0.5) is 8.78 Å². The standard InChI is InChI=1S/C10H5Br2Cl2F2N3O2S2/c11-9(13,15)22-18-7(20)17(6-4-2-1-3-5-6)8(21)19(18)23-10(12,14)16/h1-5H. The van der Waals surface area contributed by atoms with Gasteiger partial charge in [0.05, 0.1) is 5.69 Å². The Labute approximate surface area is 163 Å². The topological polar surface area (TPSA) is 48.9 Å². The lowest BCUT2D eigenvalue weighted by molar-refractivity contribution is 0.524. The van der Waals surface area contributed by atoms with E-state index in [0.29, 0.717) is 8.17 Å². The number of benzene rings is 1. The minimum Gasteiger partial charge on any atom is -0.244 e. The van der Waals surface area contributed by atoms with Gasteiger partial charge in [-0.2, -0.15) is 17.0 Å². The highest BCUT2D eigenvalue weighted by molar-refractivity contribution is 9.12. The summed E-state index contributed by atoms with van der Waals surface area (Å²) < 4.78 is 23.9. The zero-order valence-electron chi connectivity index (χ0n) is 10.6. The molecule has 13 heteroatoms. The van der Waals surface area contributed by atoms with Gasteiger partial charge in [0.15, 0.2) is 0 Å². The number of hydrogen-bond acceptors (Lipinski definition) is 4. The Morgan fingerprint density at radius 1 is 0.913 bits per heavy atom. The maximum Gasteiger partial charge on any atom is 0.363 e. The molecule has 0 aliphatic heterocycles. The third kappa shape index (κ3) is 5.02. The van der Waals surface area contributed by atoms with Crippen molar-refractivity contribution in [3.05, 3.63) is 51.3 Å². The van der Waals surface area contributed by atoms with Crippen molar-refractivity contribution >= 4 is 79.0 Å². The van der Waals surface area contributed by atoms with E-state index in [2.05, 4.69) is 31.9 Å². The van der Waals surface area contributed by atoms with Crippen LogP contribution in [0.5, 0.6) is 0 Å². The van der Waals surface area contributed by atoms with Crippen molar-refractivity contribution in [2.24, 2.45) is 0 Å². The van der Waals surface area contributed by atoms with E-state index in [-0.39, 0.29) is 29.6 Å². The summed E-state index contributed by atoms with van der Waals surface area (Å²) in [7, 11) is 0. The van der Waals surface area contributed by atoms with Gasteiger partial charge in [-0.05, 0) is 44.0 Å². The molecule has 0 aliphatic rings. The van der Waals surface area contributed by atoms with Gasteiger partial charge in [0.2, 0.25) is 0 Å². The van der Waals surface area contributed by atoms with E-state index < -0.39 is 18.1 Å². The third-order valence-electron chi connectivity index (χ3n) is 2.27.